The molecule has 0 radical (unpaired) electrons. The third-order valence-corrected chi connectivity index (χ3v) is 5.31. The van der Waals surface area contributed by atoms with Crippen LogP contribution in [0.3, 0.4) is 0 Å². The van der Waals surface area contributed by atoms with Crippen LogP contribution in [0.15, 0.2) is 36.5 Å². The molecule has 38 heavy (non-hydrogen) atoms. The van der Waals surface area contributed by atoms with Crippen LogP contribution in [0.25, 0.3) is 0 Å². The predicted octanol–water partition coefficient (Wildman–Crippen LogP) is 6.21. The van der Waals surface area contributed by atoms with Gasteiger partial charge in [-0.3, -0.25) is 14.6 Å². The van der Waals surface area contributed by atoms with Crippen LogP contribution in [0.2, 0.25) is 0 Å². The lowest BCUT2D eigenvalue weighted by atomic mass is 9.99. The lowest BCUT2D eigenvalue weighted by molar-refractivity contribution is -0.275. The molecule has 0 spiro atoms. The van der Waals surface area contributed by atoms with Gasteiger partial charge in [0, 0.05) is 17.4 Å². The molecule has 2 amide bonds. The van der Waals surface area contributed by atoms with Gasteiger partial charge in [-0.05, 0) is 62.2 Å². The van der Waals surface area contributed by atoms with Crippen molar-refractivity contribution in [2.45, 2.75) is 33.3 Å². The van der Waals surface area contributed by atoms with Crippen molar-refractivity contribution < 1.29 is 49.8 Å². The van der Waals surface area contributed by atoms with E-state index in [0.29, 0.717) is 17.7 Å². The van der Waals surface area contributed by atoms with Crippen molar-refractivity contribution in [1.82, 2.24) is 4.98 Å². The fraction of sp³-hybridized carbons (Fsp3) is 0.208. The average molecular weight is 545 g/mol. The van der Waals surface area contributed by atoms with Crippen molar-refractivity contribution in [3.8, 4) is 17.2 Å². The molecule has 0 aliphatic heterocycles. The van der Waals surface area contributed by atoms with E-state index in [1.807, 2.05) is 0 Å². The second kappa shape index (κ2) is 10.2. The number of hydrogen-bond acceptors (Lipinski definition) is 5. The monoisotopic (exact) mass is 545 g/mol. The number of anilines is 1. The Kier molecular flexibility index (Phi) is 7.56. The standard InChI is InChI=1S/C24H18F7N3O4/c1-10-9-33-15(21(32)35)8-14(10)34-22(36)19-11(2)13(23(26,27)28)4-5-17(19)37-16-6-7-18(20(25)12(16)3)38-24(29,30)31/h4-9H,1-3H3,(H2,32,35)(H,33,34,36). The van der Waals surface area contributed by atoms with Crippen LogP contribution in [-0.2, 0) is 6.18 Å². The number of carbonyl (C=O) groups is 2. The normalized spacial score (nSPS) is 11.7. The highest BCUT2D eigenvalue weighted by Gasteiger charge is 2.36. The van der Waals surface area contributed by atoms with Gasteiger partial charge in [0.25, 0.3) is 11.8 Å². The molecule has 0 saturated heterocycles. The Morgan fingerprint density at radius 2 is 1.53 bits per heavy atom. The van der Waals surface area contributed by atoms with Gasteiger partial charge in [0.05, 0.1) is 11.1 Å². The number of nitrogens with one attached hydrogen (secondary N) is 1. The van der Waals surface area contributed by atoms with Crippen molar-refractivity contribution >= 4 is 17.5 Å². The molecule has 0 aliphatic carbocycles. The number of amides is 2. The third-order valence-electron chi connectivity index (χ3n) is 5.31. The number of nitrogens with two attached hydrogens (primary N) is 1. The molecule has 3 rings (SSSR count). The fourth-order valence-corrected chi connectivity index (χ4v) is 3.41. The molecule has 0 bridgehead atoms. The molecule has 0 saturated carbocycles. The fourth-order valence-electron chi connectivity index (χ4n) is 3.41. The molecule has 0 atom stereocenters. The minimum atomic E-state index is -5.18. The van der Waals surface area contributed by atoms with Gasteiger partial charge < -0.3 is 20.5 Å². The zero-order chi connectivity index (χ0) is 28.6. The molecule has 3 aromatic rings. The summed E-state index contributed by atoms with van der Waals surface area (Å²) in [6.45, 7) is 3.56. The van der Waals surface area contributed by atoms with E-state index in [-0.39, 0.29) is 17.1 Å². The van der Waals surface area contributed by atoms with E-state index in [1.54, 1.807) is 0 Å². The van der Waals surface area contributed by atoms with E-state index in [4.69, 9.17) is 10.5 Å². The number of aryl methyl sites for hydroxylation is 1. The maximum Gasteiger partial charge on any atom is 0.573 e. The minimum absolute atomic E-state index is 0.0115. The van der Waals surface area contributed by atoms with Gasteiger partial charge in [-0.2, -0.15) is 13.2 Å². The number of halogens is 7. The number of nitrogens with zero attached hydrogens (tertiary/aromatic N) is 1. The number of primary amides is 1. The first-order valence-corrected chi connectivity index (χ1v) is 10.5. The summed E-state index contributed by atoms with van der Waals surface area (Å²) in [5.41, 5.74) is 2.52. The number of rotatable bonds is 6. The third kappa shape index (κ3) is 6.12. The van der Waals surface area contributed by atoms with E-state index in [9.17, 15) is 40.3 Å². The van der Waals surface area contributed by atoms with E-state index in [0.717, 1.165) is 32.0 Å². The Hall–Kier alpha value is -4.36. The summed E-state index contributed by atoms with van der Waals surface area (Å²) in [5.74, 6) is -5.44. The molecule has 0 unspecified atom stereocenters. The van der Waals surface area contributed by atoms with Crippen LogP contribution in [0.5, 0.6) is 17.2 Å². The molecule has 1 aromatic heterocycles. The van der Waals surface area contributed by atoms with Gasteiger partial charge in [-0.1, -0.05) is 0 Å². The molecular formula is C24H18F7N3O4. The van der Waals surface area contributed by atoms with Crippen LogP contribution in [-0.4, -0.2) is 23.2 Å². The van der Waals surface area contributed by atoms with Crippen LogP contribution < -0.4 is 20.5 Å². The number of hydrogen-bond donors (Lipinski definition) is 2. The summed E-state index contributed by atoms with van der Waals surface area (Å²) in [6, 6.07) is 4.10. The molecule has 202 valence electrons. The van der Waals surface area contributed by atoms with Gasteiger partial charge in [0.2, 0.25) is 0 Å². The highest BCUT2D eigenvalue weighted by atomic mass is 19.4. The lowest BCUT2D eigenvalue weighted by Crippen LogP contribution is -2.20. The molecular weight excluding hydrogens is 527 g/mol. The molecule has 0 fully saturated rings. The van der Waals surface area contributed by atoms with E-state index < -0.39 is 63.9 Å². The van der Waals surface area contributed by atoms with Gasteiger partial charge in [0.1, 0.15) is 17.2 Å². The van der Waals surface area contributed by atoms with Crippen molar-refractivity contribution in [2.24, 2.45) is 5.73 Å². The first-order chi connectivity index (χ1) is 17.5. The summed E-state index contributed by atoms with van der Waals surface area (Å²) in [4.78, 5) is 28.4. The average Bonchev–Trinajstić information content (AvgIpc) is 2.78. The Bertz CT molecular complexity index is 1420. The number of alkyl halides is 6. The van der Waals surface area contributed by atoms with Crippen LogP contribution in [0, 0.1) is 26.6 Å². The van der Waals surface area contributed by atoms with Crippen molar-refractivity contribution in [3.63, 3.8) is 0 Å². The second-order valence-electron chi connectivity index (χ2n) is 7.96. The summed E-state index contributed by atoms with van der Waals surface area (Å²) < 4.78 is 102. The van der Waals surface area contributed by atoms with Crippen molar-refractivity contribution in [2.75, 3.05) is 5.32 Å². The smallest absolute Gasteiger partial charge is 0.456 e. The number of pyridine rings is 1. The summed E-state index contributed by atoms with van der Waals surface area (Å²) in [5, 5.41) is 2.38. The van der Waals surface area contributed by atoms with Crippen LogP contribution in [0.4, 0.5) is 36.4 Å². The highest BCUT2D eigenvalue weighted by molar-refractivity contribution is 6.08. The van der Waals surface area contributed by atoms with Crippen molar-refractivity contribution in [1.29, 1.82) is 0 Å². The van der Waals surface area contributed by atoms with E-state index in [2.05, 4.69) is 15.0 Å². The Labute approximate surface area is 210 Å². The van der Waals surface area contributed by atoms with Gasteiger partial charge in [-0.15, -0.1) is 13.2 Å². The lowest BCUT2D eigenvalue weighted by Gasteiger charge is -2.20. The van der Waals surface area contributed by atoms with E-state index in [1.165, 1.54) is 13.1 Å². The maximum atomic E-state index is 14.5. The van der Waals surface area contributed by atoms with E-state index >= 15 is 0 Å². The first kappa shape index (κ1) is 28.2. The van der Waals surface area contributed by atoms with Crippen molar-refractivity contribution in [3.05, 3.63) is 75.9 Å². The SMILES string of the molecule is Cc1cnc(C(N)=O)cc1NC(=O)c1c(Oc2ccc(OC(F)(F)F)c(F)c2C)ccc(C(F)(F)F)c1C. The zero-order valence-electron chi connectivity index (χ0n) is 19.8. The minimum Gasteiger partial charge on any atom is -0.456 e. The van der Waals surface area contributed by atoms with Crippen LogP contribution >= 0.6 is 0 Å². The Balaban J connectivity index is 2.09. The molecule has 3 N–H and O–H groups in total. The zero-order valence-corrected chi connectivity index (χ0v) is 19.8. The largest absolute Gasteiger partial charge is 0.573 e. The summed E-state index contributed by atoms with van der Waals surface area (Å²) in [7, 11) is 0. The molecule has 14 heteroatoms. The quantitative estimate of drug-likeness (QED) is 0.359. The topological polar surface area (TPSA) is 104 Å². The maximum absolute atomic E-state index is 14.5. The summed E-state index contributed by atoms with van der Waals surface area (Å²) >= 11 is 0. The Morgan fingerprint density at radius 3 is 2.11 bits per heavy atom. The van der Waals surface area contributed by atoms with Gasteiger partial charge in [0.15, 0.2) is 11.6 Å². The van der Waals surface area contributed by atoms with Gasteiger partial charge in [-0.25, -0.2) is 4.39 Å². The highest BCUT2D eigenvalue weighted by Crippen LogP contribution is 2.40. The molecule has 1 heterocycles. The first-order valence-electron chi connectivity index (χ1n) is 10.5. The molecule has 2 aromatic carbocycles. The number of carbonyl (C=O) groups excluding carboxylic acids is 2. The number of ether oxygens (including phenoxy) is 2. The van der Waals surface area contributed by atoms with Crippen LogP contribution in [0.1, 0.15) is 43.1 Å². The Morgan fingerprint density at radius 1 is 0.921 bits per heavy atom. The molecule has 7 nitrogen and oxygen atoms in total. The summed E-state index contributed by atoms with van der Waals surface area (Å²) in [6.07, 6.45) is -8.82. The predicted molar refractivity (Wildman–Crippen MR) is 120 cm³/mol. The number of benzene rings is 2. The number of aromatic nitrogens is 1. The van der Waals surface area contributed by atoms with Gasteiger partial charge >= 0.3 is 12.5 Å². The second-order valence-corrected chi connectivity index (χ2v) is 7.96. The molecule has 0 aliphatic rings.